The highest BCUT2D eigenvalue weighted by atomic mass is 16.5. The van der Waals surface area contributed by atoms with E-state index in [2.05, 4.69) is 180 Å². The first kappa shape index (κ1) is 29.1. The highest BCUT2D eigenvalue weighted by Crippen LogP contribution is 2.46. The minimum Gasteiger partial charge on any atom is -0.458 e. The van der Waals surface area contributed by atoms with Crippen LogP contribution < -0.4 is 30.8 Å². The number of aromatic nitrogens is 1. The molecule has 8 aromatic carbocycles. The Hall–Kier alpha value is -6.72. The fraction of sp³-hybridized carbons (Fsp3) is 0.0213. The number of fused-ring (bicyclic) bond motifs is 9. The van der Waals surface area contributed by atoms with Crippen LogP contribution >= 0.6 is 0 Å². The number of rotatable bonds is 4. The Labute approximate surface area is 301 Å². The van der Waals surface area contributed by atoms with Gasteiger partial charge in [-0.2, -0.15) is 0 Å². The summed E-state index contributed by atoms with van der Waals surface area (Å²) in [6.07, 6.45) is 0. The molecule has 52 heavy (non-hydrogen) atoms. The molecule has 0 saturated heterocycles. The van der Waals surface area contributed by atoms with Gasteiger partial charge in [-0.25, -0.2) is 0 Å². The number of aryl methyl sites for hydroxylation is 1. The van der Waals surface area contributed by atoms with Gasteiger partial charge in [-0.15, -0.1) is 0 Å². The summed E-state index contributed by atoms with van der Waals surface area (Å²) in [5.74, 6) is 3.49. The third-order valence-corrected chi connectivity index (χ3v) is 10.7. The fourth-order valence-corrected chi connectivity index (χ4v) is 8.51. The number of ether oxygens (including phenoxy) is 2. The molecule has 0 bridgehead atoms. The molecule has 244 valence electrons. The van der Waals surface area contributed by atoms with E-state index in [1.54, 1.807) is 0 Å². The molecule has 0 fully saturated rings. The summed E-state index contributed by atoms with van der Waals surface area (Å²) < 4.78 is 15.8. The second kappa shape index (κ2) is 11.1. The van der Waals surface area contributed by atoms with Gasteiger partial charge in [0.15, 0.2) is 0 Å². The van der Waals surface area contributed by atoms with E-state index >= 15 is 0 Å². The summed E-state index contributed by atoms with van der Waals surface area (Å²) in [5.41, 5.74) is 11.3. The maximum atomic E-state index is 6.83. The average molecular weight is 667 g/mol. The van der Waals surface area contributed by atoms with Crippen LogP contribution in [0.1, 0.15) is 5.56 Å². The molecule has 0 amide bonds. The molecule has 0 aliphatic carbocycles. The van der Waals surface area contributed by atoms with Gasteiger partial charge in [0.2, 0.25) is 0 Å². The fourth-order valence-electron chi connectivity index (χ4n) is 8.51. The average Bonchev–Trinajstić information content (AvgIpc) is 3.51. The van der Waals surface area contributed by atoms with Crippen molar-refractivity contribution in [2.75, 3.05) is 4.90 Å². The summed E-state index contributed by atoms with van der Waals surface area (Å²) in [5, 5.41) is 4.73. The number of hydrogen-bond acceptors (Lipinski definition) is 3. The van der Waals surface area contributed by atoms with Crippen LogP contribution in [0.15, 0.2) is 170 Å². The third-order valence-electron chi connectivity index (χ3n) is 10.7. The summed E-state index contributed by atoms with van der Waals surface area (Å²) in [6, 6.07) is 60.6. The quantitative estimate of drug-likeness (QED) is 0.175. The lowest BCUT2D eigenvalue weighted by Crippen LogP contribution is -2.57. The van der Waals surface area contributed by atoms with Gasteiger partial charge < -0.3 is 18.9 Å². The molecule has 0 atom stereocenters. The van der Waals surface area contributed by atoms with Crippen LogP contribution in [0.5, 0.6) is 23.0 Å². The minimum atomic E-state index is -0.0232. The normalized spacial score (nSPS) is 12.6. The molecular weight excluding hydrogens is 635 g/mol. The topological polar surface area (TPSA) is 26.6 Å². The Morgan fingerprint density at radius 2 is 1.10 bits per heavy atom. The highest BCUT2D eigenvalue weighted by Gasteiger charge is 2.40. The van der Waals surface area contributed by atoms with Gasteiger partial charge in [0.1, 0.15) is 23.0 Å². The van der Waals surface area contributed by atoms with Crippen LogP contribution in [-0.2, 0) is 0 Å². The van der Waals surface area contributed by atoms with Crippen molar-refractivity contribution >= 4 is 72.7 Å². The molecule has 3 heterocycles. The second-order valence-electron chi connectivity index (χ2n) is 13.8. The number of para-hydroxylation sites is 3. The lowest BCUT2D eigenvalue weighted by molar-refractivity contribution is 0.464. The number of hydrogen-bond donors (Lipinski definition) is 0. The van der Waals surface area contributed by atoms with Crippen molar-refractivity contribution in [2.24, 2.45) is 0 Å². The van der Waals surface area contributed by atoms with Crippen LogP contribution in [0.3, 0.4) is 0 Å². The monoisotopic (exact) mass is 666 g/mol. The molecule has 1 aromatic heterocycles. The molecule has 2 aliphatic heterocycles. The van der Waals surface area contributed by atoms with Gasteiger partial charge in [0.05, 0.1) is 16.7 Å². The van der Waals surface area contributed by atoms with Crippen LogP contribution in [0.25, 0.3) is 38.3 Å². The Balaban J connectivity index is 1.26. The predicted octanol–water partition coefficient (Wildman–Crippen LogP) is 10.4. The second-order valence-corrected chi connectivity index (χ2v) is 13.8. The molecular formula is C47H31BN2O2. The van der Waals surface area contributed by atoms with E-state index in [9.17, 15) is 0 Å². The van der Waals surface area contributed by atoms with Gasteiger partial charge in [0.25, 0.3) is 6.71 Å². The van der Waals surface area contributed by atoms with Gasteiger partial charge in [-0.1, -0.05) is 97.1 Å². The summed E-state index contributed by atoms with van der Waals surface area (Å²) in [7, 11) is 0. The van der Waals surface area contributed by atoms with Crippen molar-refractivity contribution in [3.63, 3.8) is 0 Å². The van der Waals surface area contributed by atoms with Gasteiger partial charge >= 0.3 is 0 Å². The number of benzene rings is 8. The molecule has 2 aliphatic rings. The van der Waals surface area contributed by atoms with Crippen molar-refractivity contribution in [3.05, 3.63) is 175 Å². The van der Waals surface area contributed by atoms with Crippen LogP contribution in [0, 0.1) is 6.92 Å². The highest BCUT2D eigenvalue weighted by molar-refractivity contribution is 6.98. The van der Waals surface area contributed by atoms with Gasteiger partial charge in [0, 0.05) is 38.7 Å². The minimum absolute atomic E-state index is 0.0232. The third kappa shape index (κ3) is 4.23. The van der Waals surface area contributed by atoms with Crippen molar-refractivity contribution < 1.29 is 9.47 Å². The van der Waals surface area contributed by atoms with E-state index in [4.69, 9.17) is 9.47 Å². The van der Waals surface area contributed by atoms with E-state index in [0.29, 0.717) is 0 Å². The van der Waals surface area contributed by atoms with Crippen molar-refractivity contribution in [3.8, 4) is 28.7 Å². The van der Waals surface area contributed by atoms with Crippen molar-refractivity contribution in [2.45, 2.75) is 6.92 Å². The number of nitrogens with zero attached hydrogens (tertiary/aromatic N) is 2. The van der Waals surface area contributed by atoms with Gasteiger partial charge in [-0.05, 0) is 102 Å². The van der Waals surface area contributed by atoms with E-state index in [1.165, 1.54) is 21.7 Å². The zero-order valence-electron chi connectivity index (χ0n) is 28.5. The molecule has 11 rings (SSSR count). The first-order valence-electron chi connectivity index (χ1n) is 17.8. The molecule has 5 heteroatoms. The predicted molar refractivity (Wildman–Crippen MR) is 215 cm³/mol. The van der Waals surface area contributed by atoms with Crippen molar-refractivity contribution in [1.29, 1.82) is 0 Å². The molecule has 0 N–H and O–H groups in total. The Morgan fingerprint density at radius 1 is 0.481 bits per heavy atom. The molecule has 4 nitrogen and oxygen atoms in total. The van der Waals surface area contributed by atoms with Gasteiger partial charge in [-0.3, -0.25) is 0 Å². The molecule has 0 saturated carbocycles. The Kier molecular flexibility index (Phi) is 6.23. The first-order valence-corrected chi connectivity index (χ1v) is 17.8. The number of anilines is 3. The zero-order chi connectivity index (χ0) is 34.3. The maximum absolute atomic E-state index is 6.83. The lowest BCUT2D eigenvalue weighted by Gasteiger charge is -2.33. The smallest absolute Gasteiger partial charge is 0.260 e. The summed E-state index contributed by atoms with van der Waals surface area (Å²) in [4.78, 5) is 2.38. The molecule has 0 radical (unpaired) electrons. The van der Waals surface area contributed by atoms with E-state index in [1.807, 2.05) is 6.07 Å². The molecule has 9 aromatic rings. The molecule has 0 spiro atoms. The largest absolute Gasteiger partial charge is 0.458 e. The van der Waals surface area contributed by atoms with Crippen LogP contribution in [0.2, 0.25) is 0 Å². The van der Waals surface area contributed by atoms with Crippen LogP contribution in [0.4, 0.5) is 17.1 Å². The SMILES string of the molecule is Cc1ccc2c(c1)Oc1cccc3c1B2c1cc2c(cc1O3)c1c3ccccc3c(N(c3ccccc3)c3ccccc3)cc1n2-c1ccccc1. The Morgan fingerprint density at radius 3 is 1.79 bits per heavy atom. The van der Waals surface area contributed by atoms with E-state index in [0.717, 1.165) is 78.6 Å². The summed E-state index contributed by atoms with van der Waals surface area (Å²) >= 11 is 0. The zero-order valence-corrected chi connectivity index (χ0v) is 28.5. The first-order chi connectivity index (χ1) is 25.7. The van der Waals surface area contributed by atoms with Crippen LogP contribution in [-0.4, -0.2) is 11.3 Å². The van der Waals surface area contributed by atoms with E-state index in [-0.39, 0.29) is 6.71 Å². The maximum Gasteiger partial charge on any atom is 0.260 e. The molecule has 0 unspecified atom stereocenters. The summed E-state index contributed by atoms with van der Waals surface area (Å²) in [6.45, 7) is 2.09. The lowest BCUT2D eigenvalue weighted by atomic mass is 9.35. The standard InChI is InChI=1S/C47H31BN2O2/c1-30-24-25-37-44(26-30)51-42-22-13-23-43-47(42)48(37)38-28-39-36(27-45(38)52-43)46-35-21-12-11-20-34(35)40(29-41(46)50(39)33-18-9-4-10-19-33)49(31-14-5-2-6-15-31)32-16-7-3-8-17-32/h2-29H,1H3. The Bertz CT molecular complexity index is 2830. The van der Waals surface area contributed by atoms with Crippen molar-refractivity contribution in [1.82, 2.24) is 4.57 Å². The van der Waals surface area contributed by atoms with E-state index < -0.39 is 0 Å².